The Bertz CT molecular complexity index is 557. The predicted octanol–water partition coefficient (Wildman–Crippen LogP) is 3.32. The van der Waals surface area contributed by atoms with E-state index in [1.807, 2.05) is 12.1 Å². The molecule has 90 valence electrons. The van der Waals surface area contributed by atoms with Crippen molar-refractivity contribution in [2.75, 3.05) is 6.61 Å². The van der Waals surface area contributed by atoms with Crippen LogP contribution in [0.15, 0.2) is 48.5 Å². The lowest BCUT2D eigenvalue weighted by molar-refractivity contribution is 0.305. The van der Waals surface area contributed by atoms with Crippen LogP contribution in [0.3, 0.4) is 0 Å². The van der Waals surface area contributed by atoms with Gasteiger partial charge in [0.15, 0.2) is 11.6 Å². The highest BCUT2D eigenvalue weighted by Crippen LogP contribution is 2.15. The molecule has 0 fully saturated rings. The lowest BCUT2D eigenvalue weighted by Crippen LogP contribution is -2.02. The first-order valence-electron chi connectivity index (χ1n) is 5.66. The van der Waals surface area contributed by atoms with Crippen LogP contribution < -0.4 is 4.74 Å². The maximum atomic E-state index is 13.3. The second-order valence-electron chi connectivity index (χ2n) is 3.84. The Kier molecular flexibility index (Phi) is 3.93. The van der Waals surface area contributed by atoms with Crippen LogP contribution in [-0.4, -0.2) is 6.61 Å². The Morgan fingerprint density at radius 2 is 1.78 bits per heavy atom. The largest absolute Gasteiger partial charge is 0.490 e. The van der Waals surface area contributed by atoms with Gasteiger partial charge < -0.3 is 4.74 Å². The van der Waals surface area contributed by atoms with Gasteiger partial charge in [0.2, 0.25) is 0 Å². The second-order valence-corrected chi connectivity index (χ2v) is 3.84. The Balaban J connectivity index is 1.89. The summed E-state index contributed by atoms with van der Waals surface area (Å²) in [4.78, 5) is 0. The van der Waals surface area contributed by atoms with Crippen LogP contribution in [0.5, 0.6) is 5.75 Å². The number of rotatable bonds is 4. The summed E-state index contributed by atoms with van der Waals surface area (Å²) in [7, 11) is 0. The van der Waals surface area contributed by atoms with Crippen molar-refractivity contribution in [3.05, 3.63) is 65.5 Å². The van der Waals surface area contributed by atoms with Crippen LogP contribution >= 0.6 is 0 Å². The van der Waals surface area contributed by atoms with Gasteiger partial charge in [0.25, 0.3) is 0 Å². The average Bonchev–Trinajstić information content (AvgIpc) is 2.42. The lowest BCUT2D eigenvalue weighted by atomic mass is 10.1. The first kappa shape index (κ1) is 12.1. The molecule has 0 spiro atoms. The van der Waals surface area contributed by atoms with Crippen molar-refractivity contribution in [3.8, 4) is 11.8 Å². The first-order valence-corrected chi connectivity index (χ1v) is 5.66. The van der Waals surface area contributed by atoms with Gasteiger partial charge in [-0.3, -0.25) is 0 Å². The number of ether oxygens (including phenoxy) is 1. The molecule has 0 saturated carbocycles. The van der Waals surface area contributed by atoms with E-state index in [2.05, 4.69) is 6.07 Å². The average molecular weight is 241 g/mol. The van der Waals surface area contributed by atoms with Crippen molar-refractivity contribution < 1.29 is 9.13 Å². The molecule has 0 aliphatic heterocycles. The van der Waals surface area contributed by atoms with Gasteiger partial charge in [-0.05, 0) is 29.8 Å². The van der Waals surface area contributed by atoms with E-state index in [0.29, 0.717) is 18.6 Å². The molecule has 0 aliphatic rings. The summed E-state index contributed by atoms with van der Waals surface area (Å²) < 4.78 is 18.6. The van der Waals surface area contributed by atoms with Crippen molar-refractivity contribution in [2.45, 2.75) is 6.42 Å². The summed E-state index contributed by atoms with van der Waals surface area (Å²) in [6.45, 7) is 0.410. The Morgan fingerprint density at radius 1 is 1.06 bits per heavy atom. The standard InChI is InChI=1S/C15H12FNO/c16-14-3-1-2-4-15(14)18-10-9-12-5-7-13(11-17)8-6-12/h1-8H,9-10H2. The van der Waals surface area contributed by atoms with Crippen molar-refractivity contribution in [3.63, 3.8) is 0 Å². The number of hydrogen-bond donors (Lipinski definition) is 0. The smallest absolute Gasteiger partial charge is 0.165 e. The van der Waals surface area contributed by atoms with Crippen LogP contribution in [0, 0.1) is 17.1 Å². The molecule has 0 aromatic heterocycles. The fraction of sp³-hybridized carbons (Fsp3) is 0.133. The molecule has 2 nitrogen and oxygen atoms in total. The molecule has 0 radical (unpaired) electrons. The van der Waals surface area contributed by atoms with Crippen molar-refractivity contribution >= 4 is 0 Å². The van der Waals surface area contributed by atoms with E-state index >= 15 is 0 Å². The third-order valence-electron chi connectivity index (χ3n) is 2.57. The molecule has 2 aromatic rings. The van der Waals surface area contributed by atoms with Gasteiger partial charge in [-0.1, -0.05) is 24.3 Å². The molecule has 0 bridgehead atoms. The number of benzene rings is 2. The molecule has 0 saturated heterocycles. The van der Waals surface area contributed by atoms with E-state index in [1.54, 1.807) is 30.3 Å². The van der Waals surface area contributed by atoms with Crippen LogP contribution in [0.25, 0.3) is 0 Å². The van der Waals surface area contributed by atoms with E-state index in [4.69, 9.17) is 10.00 Å². The minimum atomic E-state index is -0.350. The minimum absolute atomic E-state index is 0.270. The topological polar surface area (TPSA) is 33.0 Å². The molecular weight excluding hydrogens is 229 g/mol. The van der Waals surface area contributed by atoms with Crippen molar-refractivity contribution in [1.29, 1.82) is 5.26 Å². The SMILES string of the molecule is N#Cc1ccc(CCOc2ccccc2F)cc1. The maximum Gasteiger partial charge on any atom is 0.165 e. The summed E-state index contributed by atoms with van der Waals surface area (Å²) in [5, 5.41) is 8.67. The zero-order chi connectivity index (χ0) is 12.8. The summed E-state index contributed by atoms with van der Waals surface area (Å²) in [5.41, 5.74) is 1.69. The molecule has 2 aromatic carbocycles. The van der Waals surface area contributed by atoms with Gasteiger partial charge in [-0.2, -0.15) is 5.26 Å². The molecule has 0 amide bonds. The second kappa shape index (κ2) is 5.83. The highest BCUT2D eigenvalue weighted by Gasteiger charge is 2.01. The molecular formula is C15H12FNO. The third-order valence-corrected chi connectivity index (χ3v) is 2.57. The fourth-order valence-corrected chi connectivity index (χ4v) is 1.59. The molecule has 18 heavy (non-hydrogen) atoms. The van der Waals surface area contributed by atoms with E-state index in [9.17, 15) is 4.39 Å². The Morgan fingerprint density at radius 3 is 2.44 bits per heavy atom. The zero-order valence-corrected chi connectivity index (χ0v) is 9.77. The molecule has 0 aliphatic carbocycles. The van der Waals surface area contributed by atoms with E-state index in [-0.39, 0.29) is 11.6 Å². The van der Waals surface area contributed by atoms with Gasteiger partial charge >= 0.3 is 0 Å². The van der Waals surface area contributed by atoms with Crippen LogP contribution in [0.2, 0.25) is 0 Å². The van der Waals surface area contributed by atoms with E-state index in [1.165, 1.54) is 6.07 Å². The first-order chi connectivity index (χ1) is 8.79. The molecule has 0 N–H and O–H groups in total. The molecule has 0 atom stereocenters. The molecule has 0 heterocycles. The van der Waals surface area contributed by atoms with E-state index < -0.39 is 0 Å². The van der Waals surface area contributed by atoms with Crippen LogP contribution in [0.4, 0.5) is 4.39 Å². The minimum Gasteiger partial charge on any atom is -0.490 e. The number of hydrogen-bond acceptors (Lipinski definition) is 2. The summed E-state index contributed by atoms with van der Waals surface area (Å²) in [6, 6.07) is 15.7. The van der Waals surface area contributed by atoms with Gasteiger partial charge in [0.1, 0.15) is 0 Å². The van der Waals surface area contributed by atoms with Crippen LogP contribution in [0.1, 0.15) is 11.1 Å². The van der Waals surface area contributed by atoms with Crippen LogP contribution in [-0.2, 0) is 6.42 Å². The Hall–Kier alpha value is -2.34. The number of halogens is 1. The van der Waals surface area contributed by atoms with Crippen molar-refractivity contribution in [1.82, 2.24) is 0 Å². The number of para-hydroxylation sites is 1. The zero-order valence-electron chi connectivity index (χ0n) is 9.77. The predicted molar refractivity (Wildman–Crippen MR) is 66.8 cm³/mol. The maximum absolute atomic E-state index is 13.3. The molecule has 0 unspecified atom stereocenters. The number of nitrogens with zero attached hydrogens (tertiary/aromatic N) is 1. The van der Waals surface area contributed by atoms with Gasteiger partial charge in [0, 0.05) is 6.42 Å². The summed E-state index contributed by atoms with van der Waals surface area (Å²) in [5.74, 6) is -0.0801. The highest BCUT2D eigenvalue weighted by molar-refractivity contribution is 5.31. The normalized spacial score (nSPS) is 9.78. The summed E-state index contributed by atoms with van der Waals surface area (Å²) in [6.07, 6.45) is 0.681. The van der Waals surface area contributed by atoms with Gasteiger partial charge in [-0.15, -0.1) is 0 Å². The summed E-state index contributed by atoms with van der Waals surface area (Å²) >= 11 is 0. The molecule has 2 rings (SSSR count). The quantitative estimate of drug-likeness (QED) is 0.822. The molecule has 3 heteroatoms. The number of nitriles is 1. The monoisotopic (exact) mass is 241 g/mol. The lowest BCUT2D eigenvalue weighted by Gasteiger charge is -2.06. The van der Waals surface area contributed by atoms with Gasteiger partial charge in [-0.25, -0.2) is 4.39 Å². The highest BCUT2D eigenvalue weighted by atomic mass is 19.1. The third kappa shape index (κ3) is 3.08. The van der Waals surface area contributed by atoms with Crippen molar-refractivity contribution in [2.24, 2.45) is 0 Å². The fourth-order valence-electron chi connectivity index (χ4n) is 1.59. The van der Waals surface area contributed by atoms with Gasteiger partial charge in [0.05, 0.1) is 18.2 Å². The Labute approximate surface area is 105 Å². The van der Waals surface area contributed by atoms with E-state index in [0.717, 1.165) is 5.56 Å².